The van der Waals surface area contributed by atoms with E-state index in [1.807, 2.05) is 12.1 Å². The van der Waals surface area contributed by atoms with Gasteiger partial charge in [-0.25, -0.2) is 0 Å². The van der Waals surface area contributed by atoms with Crippen molar-refractivity contribution in [2.75, 3.05) is 17.9 Å². The molecule has 0 aliphatic heterocycles. The summed E-state index contributed by atoms with van der Waals surface area (Å²) in [6.45, 7) is 0. The van der Waals surface area contributed by atoms with Gasteiger partial charge in [0.05, 0.1) is 23.3 Å². The van der Waals surface area contributed by atoms with Gasteiger partial charge in [-0.05, 0) is 12.1 Å². The highest BCUT2D eigenvalue weighted by Crippen LogP contribution is 2.26. The predicted molar refractivity (Wildman–Crippen MR) is 55.4 cm³/mol. The van der Waals surface area contributed by atoms with Crippen molar-refractivity contribution in [2.24, 2.45) is 0 Å². The SMILES string of the molecule is COc1ccc(NCBr)c(Cl)c1. The van der Waals surface area contributed by atoms with E-state index in [9.17, 15) is 0 Å². The number of alkyl halides is 1. The monoisotopic (exact) mass is 249 g/mol. The lowest BCUT2D eigenvalue weighted by Crippen LogP contribution is -1.94. The Morgan fingerprint density at radius 3 is 2.83 bits per heavy atom. The number of benzene rings is 1. The van der Waals surface area contributed by atoms with Crippen LogP contribution in [0.15, 0.2) is 18.2 Å². The van der Waals surface area contributed by atoms with Crippen LogP contribution in [0.3, 0.4) is 0 Å². The molecule has 4 heteroatoms. The summed E-state index contributed by atoms with van der Waals surface area (Å²) in [6.07, 6.45) is 0. The first-order valence-electron chi connectivity index (χ1n) is 3.41. The number of anilines is 1. The third-order valence-electron chi connectivity index (χ3n) is 1.43. The van der Waals surface area contributed by atoms with Crippen LogP contribution < -0.4 is 10.1 Å². The molecular weight excluding hydrogens is 241 g/mol. The van der Waals surface area contributed by atoms with Gasteiger partial charge in [-0.2, -0.15) is 0 Å². The molecule has 1 rings (SSSR count). The van der Waals surface area contributed by atoms with Crippen molar-refractivity contribution in [1.29, 1.82) is 0 Å². The molecule has 0 unspecified atom stereocenters. The van der Waals surface area contributed by atoms with E-state index in [4.69, 9.17) is 16.3 Å². The molecule has 12 heavy (non-hydrogen) atoms. The highest BCUT2D eigenvalue weighted by molar-refractivity contribution is 9.09. The molecule has 0 aliphatic carbocycles. The summed E-state index contributed by atoms with van der Waals surface area (Å²) in [6, 6.07) is 5.51. The Balaban J connectivity index is 2.87. The molecule has 1 N–H and O–H groups in total. The lowest BCUT2D eigenvalue weighted by Gasteiger charge is -2.06. The van der Waals surface area contributed by atoms with Crippen LogP contribution in [0.2, 0.25) is 5.02 Å². The second-order valence-corrected chi connectivity index (χ2v) is 3.12. The summed E-state index contributed by atoms with van der Waals surface area (Å²) in [5.74, 6) is 0.764. The van der Waals surface area contributed by atoms with Crippen LogP contribution in [0, 0.1) is 0 Å². The van der Waals surface area contributed by atoms with Crippen LogP contribution in [0.25, 0.3) is 0 Å². The van der Waals surface area contributed by atoms with Crippen molar-refractivity contribution in [3.63, 3.8) is 0 Å². The topological polar surface area (TPSA) is 21.3 Å². The minimum atomic E-state index is 0.661. The Morgan fingerprint density at radius 2 is 2.33 bits per heavy atom. The first kappa shape index (κ1) is 9.68. The Kier molecular flexibility index (Phi) is 3.69. The van der Waals surface area contributed by atoms with Gasteiger partial charge in [0.1, 0.15) is 5.75 Å². The van der Waals surface area contributed by atoms with Crippen molar-refractivity contribution in [3.8, 4) is 5.75 Å². The van der Waals surface area contributed by atoms with Crippen molar-refractivity contribution in [3.05, 3.63) is 23.2 Å². The van der Waals surface area contributed by atoms with Gasteiger partial charge in [-0.15, -0.1) is 0 Å². The quantitative estimate of drug-likeness (QED) is 0.657. The minimum Gasteiger partial charge on any atom is -0.497 e. The second-order valence-electron chi connectivity index (χ2n) is 2.16. The summed E-state index contributed by atoms with van der Waals surface area (Å²) >= 11 is 9.18. The van der Waals surface area contributed by atoms with E-state index in [0.717, 1.165) is 11.4 Å². The van der Waals surface area contributed by atoms with Crippen LogP contribution in [0.5, 0.6) is 5.75 Å². The molecule has 0 aliphatic rings. The molecule has 1 aromatic rings. The number of methoxy groups -OCH3 is 1. The molecule has 0 atom stereocenters. The summed E-state index contributed by atoms with van der Waals surface area (Å²) in [4.78, 5) is 0. The van der Waals surface area contributed by atoms with Gasteiger partial charge in [0.15, 0.2) is 0 Å². The molecule has 0 saturated heterocycles. The van der Waals surface area contributed by atoms with Crippen LogP contribution in [-0.4, -0.2) is 12.6 Å². The van der Waals surface area contributed by atoms with Crippen molar-refractivity contribution in [1.82, 2.24) is 0 Å². The first-order chi connectivity index (χ1) is 5.77. The number of rotatable bonds is 3. The van der Waals surface area contributed by atoms with Gasteiger partial charge in [0.2, 0.25) is 0 Å². The number of halogens is 2. The van der Waals surface area contributed by atoms with Gasteiger partial charge >= 0.3 is 0 Å². The maximum Gasteiger partial charge on any atom is 0.120 e. The molecule has 1 aromatic carbocycles. The molecule has 0 fully saturated rings. The van der Waals surface area contributed by atoms with E-state index in [-0.39, 0.29) is 0 Å². The number of nitrogens with one attached hydrogen (secondary N) is 1. The number of ether oxygens (including phenoxy) is 1. The van der Waals surface area contributed by atoms with Gasteiger partial charge < -0.3 is 10.1 Å². The standard InChI is InChI=1S/C8H9BrClNO/c1-12-6-2-3-8(11-5-9)7(10)4-6/h2-4,11H,5H2,1H3. The molecule has 2 nitrogen and oxygen atoms in total. The predicted octanol–water partition coefficient (Wildman–Crippen LogP) is 3.11. The van der Waals surface area contributed by atoms with E-state index in [1.165, 1.54) is 0 Å². The summed E-state index contributed by atoms with van der Waals surface area (Å²) in [7, 11) is 1.61. The lowest BCUT2D eigenvalue weighted by atomic mass is 10.3. The van der Waals surface area contributed by atoms with Crippen LogP contribution >= 0.6 is 27.5 Å². The average Bonchev–Trinajstić information content (AvgIpc) is 2.09. The molecule has 0 radical (unpaired) electrons. The van der Waals surface area contributed by atoms with Gasteiger partial charge in [0.25, 0.3) is 0 Å². The Hall–Kier alpha value is -0.410. The molecule has 0 heterocycles. The van der Waals surface area contributed by atoms with Crippen molar-refractivity contribution in [2.45, 2.75) is 0 Å². The molecular formula is C8H9BrClNO. The lowest BCUT2D eigenvalue weighted by molar-refractivity contribution is 0.415. The number of hydrogen-bond acceptors (Lipinski definition) is 2. The van der Waals surface area contributed by atoms with E-state index < -0.39 is 0 Å². The Morgan fingerprint density at radius 1 is 1.58 bits per heavy atom. The Bertz CT molecular complexity index is 267. The maximum atomic E-state index is 5.92. The molecule has 66 valence electrons. The Labute approximate surface area is 85.0 Å². The highest BCUT2D eigenvalue weighted by atomic mass is 79.9. The smallest absolute Gasteiger partial charge is 0.120 e. The van der Waals surface area contributed by atoms with E-state index in [1.54, 1.807) is 13.2 Å². The van der Waals surface area contributed by atoms with Crippen LogP contribution in [-0.2, 0) is 0 Å². The fourth-order valence-corrected chi connectivity index (χ4v) is 1.38. The highest BCUT2D eigenvalue weighted by Gasteiger charge is 1.99. The third-order valence-corrected chi connectivity index (χ3v) is 2.03. The number of hydrogen-bond donors (Lipinski definition) is 1. The third kappa shape index (κ3) is 2.29. The van der Waals surface area contributed by atoms with Gasteiger partial charge in [-0.3, -0.25) is 0 Å². The first-order valence-corrected chi connectivity index (χ1v) is 4.91. The fourth-order valence-electron chi connectivity index (χ4n) is 0.838. The largest absolute Gasteiger partial charge is 0.497 e. The molecule has 0 aromatic heterocycles. The fraction of sp³-hybridized carbons (Fsp3) is 0.250. The van der Waals surface area contributed by atoms with E-state index in [0.29, 0.717) is 10.5 Å². The zero-order valence-electron chi connectivity index (χ0n) is 6.60. The molecule has 0 spiro atoms. The van der Waals surface area contributed by atoms with Crippen LogP contribution in [0.1, 0.15) is 0 Å². The summed E-state index contributed by atoms with van der Waals surface area (Å²) in [5.41, 5.74) is 1.58. The summed E-state index contributed by atoms with van der Waals surface area (Å²) in [5, 5.41) is 3.72. The van der Waals surface area contributed by atoms with Crippen molar-refractivity contribution < 1.29 is 4.74 Å². The second kappa shape index (κ2) is 4.58. The zero-order chi connectivity index (χ0) is 8.97. The zero-order valence-corrected chi connectivity index (χ0v) is 8.95. The molecule has 0 amide bonds. The minimum absolute atomic E-state index is 0.661. The molecule has 0 bridgehead atoms. The van der Waals surface area contributed by atoms with Gasteiger partial charge in [0, 0.05) is 6.07 Å². The summed E-state index contributed by atoms with van der Waals surface area (Å²) < 4.78 is 5.00. The average molecular weight is 251 g/mol. The van der Waals surface area contributed by atoms with E-state index in [2.05, 4.69) is 21.2 Å². The molecule has 0 saturated carbocycles. The van der Waals surface area contributed by atoms with Crippen LogP contribution in [0.4, 0.5) is 5.69 Å². The van der Waals surface area contributed by atoms with Gasteiger partial charge in [-0.1, -0.05) is 27.5 Å². The maximum absolute atomic E-state index is 5.92. The van der Waals surface area contributed by atoms with Crippen molar-refractivity contribution >= 4 is 33.2 Å². The van der Waals surface area contributed by atoms with E-state index >= 15 is 0 Å². The normalized spacial score (nSPS) is 9.58.